The van der Waals surface area contributed by atoms with Gasteiger partial charge in [0.25, 0.3) is 0 Å². The number of esters is 1. The van der Waals surface area contributed by atoms with Crippen LogP contribution >= 0.6 is 0 Å². The number of benzene rings is 1. The van der Waals surface area contributed by atoms with Crippen LogP contribution in [0.4, 0.5) is 0 Å². The Hall–Kier alpha value is -1.39. The zero-order valence-corrected chi connectivity index (χ0v) is 11.6. The highest BCUT2D eigenvalue weighted by atomic mass is 16.5. The molecule has 0 aromatic heterocycles. The Morgan fingerprint density at radius 3 is 2.74 bits per heavy atom. The molecule has 2 rings (SSSR count). The van der Waals surface area contributed by atoms with E-state index >= 15 is 0 Å². The number of rotatable bonds is 4. The lowest BCUT2D eigenvalue weighted by Crippen LogP contribution is -2.48. The third kappa shape index (κ3) is 3.78. The predicted molar refractivity (Wildman–Crippen MR) is 73.1 cm³/mol. The maximum absolute atomic E-state index is 11.3. The number of carbonyl (C=O) groups is 1. The van der Waals surface area contributed by atoms with Gasteiger partial charge in [-0.15, -0.1) is 0 Å². The van der Waals surface area contributed by atoms with Gasteiger partial charge in [-0.1, -0.05) is 12.1 Å². The third-order valence-electron chi connectivity index (χ3n) is 3.53. The molecule has 4 nitrogen and oxygen atoms in total. The topological polar surface area (TPSA) is 47.6 Å². The molecule has 1 aromatic carbocycles. The maximum Gasteiger partial charge on any atom is 0.337 e. The number of hydrogen-bond donors (Lipinski definition) is 1. The largest absolute Gasteiger partial charge is 0.465 e. The van der Waals surface area contributed by atoms with Crippen molar-refractivity contribution in [1.29, 1.82) is 0 Å². The summed E-state index contributed by atoms with van der Waals surface area (Å²) < 4.78 is 10.2. The van der Waals surface area contributed by atoms with Gasteiger partial charge in [-0.05, 0) is 37.5 Å². The van der Waals surface area contributed by atoms with Crippen molar-refractivity contribution < 1.29 is 14.3 Å². The van der Waals surface area contributed by atoms with Gasteiger partial charge in [0.2, 0.25) is 0 Å². The van der Waals surface area contributed by atoms with Crippen LogP contribution in [0.15, 0.2) is 24.3 Å². The summed E-state index contributed by atoms with van der Waals surface area (Å²) in [6.45, 7) is 4.59. The molecular formula is C15H21NO3. The number of ether oxygens (including phenoxy) is 2. The average Bonchev–Trinajstić information content (AvgIpc) is 2.46. The van der Waals surface area contributed by atoms with Gasteiger partial charge in [0.15, 0.2) is 0 Å². The van der Waals surface area contributed by atoms with Crippen molar-refractivity contribution in [3.8, 4) is 0 Å². The minimum atomic E-state index is -0.299. The fourth-order valence-electron chi connectivity index (χ4n) is 2.27. The van der Waals surface area contributed by atoms with E-state index in [1.54, 1.807) is 12.1 Å². The third-order valence-corrected chi connectivity index (χ3v) is 3.53. The molecular weight excluding hydrogens is 242 g/mol. The molecule has 0 saturated carbocycles. The Morgan fingerprint density at radius 1 is 1.42 bits per heavy atom. The van der Waals surface area contributed by atoms with Crippen molar-refractivity contribution in [2.75, 3.05) is 20.3 Å². The van der Waals surface area contributed by atoms with Crippen LogP contribution in [0.2, 0.25) is 0 Å². The Balaban J connectivity index is 1.91. The SMILES string of the molecule is COC(=O)c1ccc(CNC2(C)CCCOC2)cc1. The first-order valence-electron chi connectivity index (χ1n) is 6.63. The Bertz CT molecular complexity index is 422. The number of methoxy groups -OCH3 is 1. The second-order valence-electron chi connectivity index (χ2n) is 5.26. The normalized spacial score (nSPS) is 23.1. The van der Waals surface area contributed by atoms with Crippen molar-refractivity contribution in [2.24, 2.45) is 0 Å². The molecule has 0 spiro atoms. The molecule has 4 heteroatoms. The summed E-state index contributed by atoms with van der Waals surface area (Å²) in [7, 11) is 1.39. The smallest absolute Gasteiger partial charge is 0.337 e. The molecule has 1 fully saturated rings. The first-order valence-corrected chi connectivity index (χ1v) is 6.63. The minimum absolute atomic E-state index is 0.0548. The fourth-order valence-corrected chi connectivity index (χ4v) is 2.27. The Labute approximate surface area is 114 Å². The standard InChI is InChI=1S/C15H21NO3/c1-15(8-3-9-19-11-15)16-10-12-4-6-13(7-5-12)14(17)18-2/h4-7,16H,3,8-11H2,1-2H3. The summed E-state index contributed by atoms with van der Waals surface area (Å²) >= 11 is 0. The van der Waals surface area contributed by atoms with Crippen LogP contribution < -0.4 is 5.32 Å². The van der Waals surface area contributed by atoms with Gasteiger partial charge in [0.1, 0.15) is 0 Å². The van der Waals surface area contributed by atoms with E-state index in [1.807, 2.05) is 12.1 Å². The van der Waals surface area contributed by atoms with Crippen LogP contribution in [0.5, 0.6) is 0 Å². The number of nitrogens with one attached hydrogen (secondary N) is 1. The van der Waals surface area contributed by atoms with E-state index in [2.05, 4.69) is 17.0 Å². The lowest BCUT2D eigenvalue weighted by molar-refractivity contribution is 0.0278. The highest BCUT2D eigenvalue weighted by Crippen LogP contribution is 2.19. The molecule has 0 aliphatic carbocycles. The van der Waals surface area contributed by atoms with Crippen LogP contribution in [-0.4, -0.2) is 31.8 Å². The van der Waals surface area contributed by atoms with Crippen molar-refractivity contribution in [1.82, 2.24) is 5.32 Å². The average molecular weight is 263 g/mol. The van der Waals surface area contributed by atoms with E-state index in [0.717, 1.165) is 38.2 Å². The molecule has 1 unspecified atom stereocenters. The molecule has 0 bridgehead atoms. The van der Waals surface area contributed by atoms with Gasteiger partial charge in [0, 0.05) is 18.7 Å². The van der Waals surface area contributed by atoms with E-state index in [9.17, 15) is 4.79 Å². The van der Waals surface area contributed by atoms with Crippen molar-refractivity contribution in [2.45, 2.75) is 31.8 Å². The van der Waals surface area contributed by atoms with E-state index in [1.165, 1.54) is 7.11 Å². The van der Waals surface area contributed by atoms with E-state index in [0.29, 0.717) is 5.56 Å². The summed E-state index contributed by atoms with van der Waals surface area (Å²) in [5, 5.41) is 3.54. The van der Waals surface area contributed by atoms with Crippen molar-refractivity contribution in [3.63, 3.8) is 0 Å². The zero-order valence-electron chi connectivity index (χ0n) is 11.6. The molecule has 1 N–H and O–H groups in total. The van der Waals surface area contributed by atoms with Crippen LogP contribution in [0, 0.1) is 0 Å². The Morgan fingerprint density at radius 2 is 2.16 bits per heavy atom. The predicted octanol–water partition coefficient (Wildman–Crippen LogP) is 2.13. The molecule has 104 valence electrons. The minimum Gasteiger partial charge on any atom is -0.465 e. The summed E-state index contributed by atoms with van der Waals surface area (Å²) in [6, 6.07) is 7.49. The van der Waals surface area contributed by atoms with Crippen LogP contribution in [0.25, 0.3) is 0 Å². The second-order valence-corrected chi connectivity index (χ2v) is 5.26. The second kappa shape index (κ2) is 6.17. The highest BCUT2D eigenvalue weighted by Gasteiger charge is 2.26. The van der Waals surface area contributed by atoms with Gasteiger partial charge in [-0.3, -0.25) is 0 Å². The summed E-state index contributed by atoms with van der Waals surface area (Å²) in [5.41, 5.74) is 1.79. The van der Waals surface area contributed by atoms with Crippen LogP contribution in [0.3, 0.4) is 0 Å². The zero-order chi connectivity index (χ0) is 13.7. The first kappa shape index (κ1) is 14.0. The highest BCUT2D eigenvalue weighted by molar-refractivity contribution is 5.89. The lowest BCUT2D eigenvalue weighted by Gasteiger charge is -2.34. The van der Waals surface area contributed by atoms with Crippen molar-refractivity contribution >= 4 is 5.97 Å². The quantitative estimate of drug-likeness (QED) is 0.845. The fraction of sp³-hybridized carbons (Fsp3) is 0.533. The molecule has 1 heterocycles. The summed E-state index contributed by atoms with van der Waals surface area (Å²) in [6.07, 6.45) is 2.23. The van der Waals surface area contributed by atoms with E-state index < -0.39 is 0 Å². The molecule has 1 saturated heterocycles. The molecule has 0 radical (unpaired) electrons. The van der Waals surface area contributed by atoms with E-state index in [4.69, 9.17) is 4.74 Å². The lowest BCUT2D eigenvalue weighted by atomic mass is 9.94. The molecule has 0 amide bonds. The molecule has 1 atom stereocenters. The maximum atomic E-state index is 11.3. The van der Waals surface area contributed by atoms with Gasteiger partial charge in [-0.25, -0.2) is 4.79 Å². The monoisotopic (exact) mass is 263 g/mol. The van der Waals surface area contributed by atoms with Gasteiger partial charge in [0.05, 0.1) is 19.3 Å². The first-order chi connectivity index (χ1) is 9.13. The van der Waals surface area contributed by atoms with Crippen LogP contribution in [0.1, 0.15) is 35.7 Å². The molecule has 1 aromatic rings. The molecule has 19 heavy (non-hydrogen) atoms. The molecule has 1 aliphatic heterocycles. The van der Waals surface area contributed by atoms with Gasteiger partial charge < -0.3 is 14.8 Å². The number of hydrogen-bond acceptors (Lipinski definition) is 4. The van der Waals surface area contributed by atoms with Gasteiger partial charge in [-0.2, -0.15) is 0 Å². The number of carbonyl (C=O) groups excluding carboxylic acids is 1. The van der Waals surface area contributed by atoms with Crippen molar-refractivity contribution in [3.05, 3.63) is 35.4 Å². The summed E-state index contributed by atoms with van der Waals surface area (Å²) in [5.74, 6) is -0.299. The summed E-state index contributed by atoms with van der Waals surface area (Å²) in [4.78, 5) is 11.3. The van der Waals surface area contributed by atoms with E-state index in [-0.39, 0.29) is 11.5 Å². The Kier molecular flexibility index (Phi) is 4.56. The van der Waals surface area contributed by atoms with Gasteiger partial charge >= 0.3 is 5.97 Å². The molecule has 1 aliphatic rings. The van der Waals surface area contributed by atoms with Crippen LogP contribution in [-0.2, 0) is 16.0 Å².